The Bertz CT molecular complexity index is 397. The molecular weight excluding hydrogens is 272 g/mol. The summed E-state index contributed by atoms with van der Waals surface area (Å²) < 4.78 is 26.2. The Morgan fingerprint density at radius 3 is 2.60 bits per heavy atom. The highest BCUT2D eigenvalue weighted by molar-refractivity contribution is 7.89. The van der Waals surface area contributed by atoms with Gasteiger partial charge in [0.05, 0.1) is 5.75 Å². The van der Waals surface area contributed by atoms with Crippen LogP contribution in [0.3, 0.4) is 0 Å². The molecule has 0 amide bonds. The van der Waals surface area contributed by atoms with Crippen LogP contribution in [0.25, 0.3) is 0 Å². The average molecular weight is 302 g/mol. The molecule has 2 aliphatic carbocycles. The fraction of sp³-hybridized carbons (Fsp3) is 1.00. The molecule has 0 heterocycles. The first-order valence-electron chi connectivity index (χ1n) is 8.17. The van der Waals surface area contributed by atoms with Crippen LogP contribution in [-0.4, -0.2) is 45.2 Å². The van der Waals surface area contributed by atoms with Crippen molar-refractivity contribution < 1.29 is 8.42 Å². The molecule has 2 aliphatic rings. The first kappa shape index (κ1) is 16.2. The van der Waals surface area contributed by atoms with Gasteiger partial charge in [0.1, 0.15) is 0 Å². The van der Waals surface area contributed by atoms with Gasteiger partial charge in [0.2, 0.25) is 10.0 Å². The number of rotatable bonds is 9. The van der Waals surface area contributed by atoms with Crippen LogP contribution in [0.4, 0.5) is 0 Å². The van der Waals surface area contributed by atoms with E-state index in [2.05, 4.69) is 12.2 Å². The summed E-state index contributed by atoms with van der Waals surface area (Å²) in [6, 6.07) is 0. The smallest absolute Gasteiger partial charge is 0.213 e. The molecule has 1 N–H and O–H groups in total. The topological polar surface area (TPSA) is 49.4 Å². The molecule has 0 radical (unpaired) electrons. The molecule has 2 bridgehead atoms. The van der Waals surface area contributed by atoms with Gasteiger partial charge in [0.25, 0.3) is 0 Å². The van der Waals surface area contributed by atoms with Gasteiger partial charge in [0, 0.05) is 13.6 Å². The Morgan fingerprint density at radius 1 is 1.20 bits per heavy atom. The molecule has 0 aromatic rings. The maximum atomic E-state index is 12.3. The Hall–Kier alpha value is -0.130. The quantitative estimate of drug-likeness (QED) is 0.663. The molecule has 118 valence electrons. The number of hydrogen-bond acceptors (Lipinski definition) is 3. The standard InChI is InChI=1S/C15H30N2O2S/c1-3-16-8-4-5-9-20(18,19)17(2)12-15-11-13-6-7-14(15)10-13/h13-16H,3-12H2,1-2H3. The lowest BCUT2D eigenvalue weighted by atomic mass is 9.89. The number of nitrogens with zero attached hydrogens (tertiary/aromatic N) is 1. The zero-order valence-corrected chi connectivity index (χ0v) is 13.8. The molecule has 2 rings (SSSR count). The van der Waals surface area contributed by atoms with Crippen molar-refractivity contribution >= 4 is 10.0 Å². The van der Waals surface area contributed by atoms with Gasteiger partial charge in [-0.05, 0) is 62.9 Å². The summed E-state index contributed by atoms with van der Waals surface area (Å²) in [4.78, 5) is 0. The highest BCUT2D eigenvalue weighted by Crippen LogP contribution is 2.48. The SMILES string of the molecule is CCNCCCCS(=O)(=O)N(C)CC1CC2CCC1C2. The van der Waals surface area contributed by atoms with Crippen LogP contribution in [0, 0.1) is 17.8 Å². The van der Waals surface area contributed by atoms with Crippen molar-refractivity contribution in [3.63, 3.8) is 0 Å². The van der Waals surface area contributed by atoms with Gasteiger partial charge in [-0.1, -0.05) is 13.3 Å². The van der Waals surface area contributed by atoms with E-state index in [-0.39, 0.29) is 0 Å². The molecule has 4 nitrogen and oxygen atoms in total. The molecule has 0 aromatic heterocycles. The first-order chi connectivity index (χ1) is 9.53. The highest BCUT2D eigenvalue weighted by atomic mass is 32.2. The summed E-state index contributed by atoms with van der Waals surface area (Å²) in [5.74, 6) is 2.61. The lowest BCUT2D eigenvalue weighted by Crippen LogP contribution is -2.35. The van der Waals surface area contributed by atoms with Gasteiger partial charge in [-0.25, -0.2) is 12.7 Å². The molecule has 0 aliphatic heterocycles. The van der Waals surface area contributed by atoms with E-state index < -0.39 is 10.0 Å². The van der Waals surface area contributed by atoms with E-state index in [0.29, 0.717) is 11.7 Å². The predicted octanol–water partition coefficient (Wildman–Crippen LogP) is 2.07. The van der Waals surface area contributed by atoms with Crippen molar-refractivity contribution in [1.82, 2.24) is 9.62 Å². The minimum atomic E-state index is -3.05. The van der Waals surface area contributed by atoms with Gasteiger partial charge in [0.15, 0.2) is 0 Å². The Morgan fingerprint density at radius 2 is 2.00 bits per heavy atom. The molecule has 0 aromatic carbocycles. The maximum absolute atomic E-state index is 12.3. The summed E-state index contributed by atoms with van der Waals surface area (Å²) in [7, 11) is -1.28. The number of fused-ring (bicyclic) bond motifs is 2. The summed E-state index contributed by atoms with van der Waals surface area (Å²) in [6.07, 6.45) is 7.01. The molecule has 0 spiro atoms. The number of hydrogen-bond donors (Lipinski definition) is 1. The number of unbranched alkanes of at least 4 members (excludes halogenated alkanes) is 1. The lowest BCUT2D eigenvalue weighted by molar-refractivity contribution is 0.280. The average Bonchev–Trinajstić information content (AvgIpc) is 3.00. The second-order valence-corrected chi connectivity index (χ2v) is 8.79. The fourth-order valence-electron chi connectivity index (χ4n) is 3.91. The van der Waals surface area contributed by atoms with Crippen LogP contribution in [-0.2, 0) is 10.0 Å². The second kappa shape index (κ2) is 7.23. The van der Waals surface area contributed by atoms with E-state index in [4.69, 9.17) is 0 Å². The number of nitrogens with one attached hydrogen (secondary N) is 1. The van der Waals surface area contributed by atoms with Crippen LogP contribution in [0.15, 0.2) is 0 Å². The molecule has 2 saturated carbocycles. The van der Waals surface area contributed by atoms with E-state index in [9.17, 15) is 8.42 Å². The van der Waals surface area contributed by atoms with E-state index in [1.807, 2.05) is 0 Å². The number of sulfonamides is 1. The van der Waals surface area contributed by atoms with Crippen molar-refractivity contribution in [2.45, 2.75) is 45.4 Å². The minimum Gasteiger partial charge on any atom is -0.317 e. The summed E-state index contributed by atoms with van der Waals surface area (Å²) in [6.45, 7) is 4.69. The maximum Gasteiger partial charge on any atom is 0.213 e. The normalized spacial score (nSPS) is 29.4. The first-order valence-corrected chi connectivity index (χ1v) is 9.78. The van der Waals surface area contributed by atoms with Gasteiger partial charge in [-0.2, -0.15) is 0 Å². The zero-order valence-electron chi connectivity index (χ0n) is 13.0. The molecule has 3 atom stereocenters. The Labute approximate surface area is 124 Å². The monoisotopic (exact) mass is 302 g/mol. The van der Waals surface area contributed by atoms with E-state index in [0.717, 1.165) is 44.3 Å². The third-order valence-electron chi connectivity index (χ3n) is 5.11. The van der Waals surface area contributed by atoms with Gasteiger partial charge < -0.3 is 5.32 Å². The largest absolute Gasteiger partial charge is 0.317 e. The van der Waals surface area contributed by atoms with Crippen LogP contribution in [0.2, 0.25) is 0 Å². The Balaban J connectivity index is 1.71. The molecule has 5 heteroatoms. The summed E-state index contributed by atoms with van der Waals surface area (Å²) >= 11 is 0. The van der Waals surface area contributed by atoms with Crippen molar-refractivity contribution in [2.24, 2.45) is 17.8 Å². The van der Waals surface area contributed by atoms with E-state index in [1.54, 1.807) is 11.4 Å². The van der Waals surface area contributed by atoms with Crippen molar-refractivity contribution in [2.75, 3.05) is 32.4 Å². The third-order valence-corrected chi connectivity index (χ3v) is 7.01. The van der Waals surface area contributed by atoms with Gasteiger partial charge >= 0.3 is 0 Å². The summed E-state index contributed by atoms with van der Waals surface area (Å²) in [5, 5.41) is 3.23. The van der Waals surface area contributed by atoms with Crippen LogP contribution < -0.4 is 5.32 Å². The molecule has 3 unspecified atom stereocenters. The third kappa shape index (κ3) is 4.18. The van der Waals surface area contributed by atoms with Crippen LogP contribution in [0.5, 0.6) is 0 Å². The second-order valence-electron chi connectivity index (χ2n) is 6.59. The van der Waals surface area contributed by atoms with Gasteiger partial charge in [-0.15, -0.1) is 0 Å². The summed E-state index contributed by atoms with van der Waals surface area (Å²) in [5.41, 5.74) is 0. The van der Waals surface area contributed by atoms with Crippen LogP contribution in [0.1, 0.15) is 45.4 Å². The Kier molecular flexibility index (Phi) is 5.87. The molecule has 20 heavy (non-hydrogen) atoms. The van der Waals surface area contributed by atoms with E-state index in [1.165, 1.54) is 25.7 Å². The lowest BCUT2D eigenvalue weighted by Gasteiger charge is -2.26. The van der Waals surface area contributed by atoms with Gasteiger partial charge in [-0.3, -0.25) is 0 Å². The van der Waals surface area contributed by atoms with E-state index >= 15 is 0 Å². The highest BCUT2D eigenvalue weighted by Gasteiger charge is 2.40. The molecular formula is C15H30N2O2S. The van der Waals surface area contributed by atoms with Crippen molar-refractivity contribution in [3.8, 4) is 0 Å². The molecule has 0 saturated heterocycles. The van der Waals surface area contributed by atoms with Crippen LogP contribution >= 0.6 is 0 Å². The fourth-order valence-corrected chi connectivity index (χ4v) is 5.21. The predicted molar refractivity (Wildman–Crippen MR) is 83.1 cm³/mol. The zero-order chi connectivity index (χ0) is 14.6. The minimum absolute atomic E-state index is 0.301. The van der Waals surface area contributed by atoms with Crippen molar-refractivity contribution in [1.29, 1.82) is 0 Å². The molecule has 2 fully saturated rings. The van der Waals surface area contributed by atoms with Crippen molar-refractivity contribution in [3.05, 3.63) is 0 Å².